The van der Waals surface area contributed by atoms with E-state index >= 15 is 0 Å². The van der Waals surface area contributed by atoms with Crippen molar-refractivity contribution in [2.24, 2.45) is 18.9 Å². The zero-order valence-corrected chi connectivity index (χ0v) is 17.4. The lowest BCUT2D eigenvalue weighted by Crippen LogP contribution is -2.41. The lowest BCUT2D eigenvalue weighted by Gasteiger charge is -2.33. The minimum atomic E-state index is -0.184. The number of nitrogens with zero attached hydrogens (tertiary/aromatic N) is 6. The maximum Gasteiger partial charge on any atom is 0.350 e. The van der Waals surface area contributed by atoms with Crippen LogP contribution in [0.5, 0.6) is 5.75 Å². The number of hydrogen-bond acceptors (Lipinski definition) is 6. The highest BCUT2D eigenvalue weighted by atomic mass is 16.5. The number of fused-ring (bicyclic) bond motifs is 4. The van der Waals surface area contributed by atoms with Gasteiger partial charge in [-0.3, -0.25) is 9.20 Å². The SMILES string of the molecule is Cn1nc2cc(N3CCOc4cc(C(=O)N5CC6CC[C@@H](C6)C5)cnc43)ccn2c1=O. The molecule has 0 radical (unpaired) electrons. The number of aromatic nitrogens is 4. The topological polar surface area (TPSA) is 85.0 Å². The fourth-order valence-corrected chi connectivity index (χ4v) is 5.26. The molecule has 5 heterocycles. The van der Waals surface area contributed by atoms with E-state index in [1.807, 2.05) is 28.0 Å². The molecule has 0 spiro atoms. The first kappa shape index (κ1) is 18.4. The fraction of sp³-hybridized carbons (Fsp3) is 0.455. The van der Waals surface area contributed by atoms with Gasteiger partial charge in [-0.2, -0.15) is 5.10 Å². The number of hydrogen-bond donors (Lipinski definition) is 0. The molecule has 3 aromatic rings. The quantitative estimate of drug-likeness (QED) is 0.629. The summed E-state index contributed by atoms with van der Waals surface area (Å²) in [6.45, 7) is 2.81. The molecule has 31 heavy (non-hydrogen) atoms. The number of ether oxygens (including phenoxy) is 1. The van der Waals surface area contributed by atoms with Gasteiger partial charge in [0.15, 0.2) is 17.2 Å². The molecule has 2 aliphatic heterocycles. The van der Waals surface area contributed by atoms with Gasteiger partial charge in [0.05, 0.1) is 12.1 Å². The van der Waals surface area contributed by atoms with Crippen LogP contribution in [0.1, 0.15) is 29.6 Å². The Balaban J connectivity index is 1.31. The number of aryl methyl sites for hydroxylation is 1. The zero-order valence-electron chi connectivity index (χ0n) is 17.4. The van der Waals surface area contributed by atoms with Gasteiger partial charge in [-0.05, 0) is 43.2 Å². The second kappa shape index (κ2) is 6.83. The van der Waals surface area contributed by atoms with Gasteiger partial charge in [-0.1, -0.05) is 0 Å². The molecule has 9 nitrogen and oxygen atoms in total. The van der Waals surface area contributed by atoms with Crippen molar-refractivity contribution in [1.82, 2.24) is 24.1 Å². The summed E-state index contributed by atoms with van der Waals surface area (Å²) in [5.41, 5.74) is 1.84. The number of anilines is 2. The Bertz CT molecular complexity index is 1240. The maximum absolute atomic E-state index is 13.1. The lowest BCUT2D eigenvalue weighted by molar-refractivity contribution is 0.0661. The van der Waals surface area contributed by atoms with Gasteiger partial charge >= 0.3 is 5.69 Å². The molecule has 0 N–H and O–H groups in total. The van der Waals surface area contributed by atoms with Gasteiger partial charge in [0.1, 0.15) is 6.61 Å². The molecule has 1 saturated heterocycles. The van der Waals surface area contributed by atoms with Crippen LogP contribution in [0, 0.1) is 11.8 Å². The van der Waals surface area contributed by atoms with Crippen LogP contribution in [0.25, 0.3) is 5.65 Å². The van der Waals surface area contributed by atoms with E-state index in [2.05, 4.69) is 10.1 Å². The summed E-state index contributed by atoms with van der Waals surface area (Å²) < 4.78 is 8.69. The Kier molecular flexibility index (Phi) is 4.06. The predicted molar refractivity (Wildman–Crippen MR) is 114 cm³/mol. The zero-order chi connectivity index (χ0) is 21.1. The summed E-state index contributed by atoms with van der Waals surface area (Å²) in [6.07, 6.45) is 7.11. The number of amides is 1. The van der Waals surface area contributed by atoms with Crippen LogP contribution in [0.4, 0.5) is 11.5 Å². The van der Waals surface area contributed by atoms with Gasteiger partial charge < -0.3 is 14.5 Å². The summed E-state index contributed by atoms with van der Waals surface area (Å²) >= 11 is 0. The van der Waals surface area contributed by atoms with Crippen molar-refractivity contribution in [3.63, 3.8) is 0 Å². The first-order chi connectivity index (χ1) is 15.1. The highest BCUT2D eigenvalue weighted by Crippen LogP contribution is 2.38. The summed E-state index contributed by atoms with van der Waals surface area (Å²) in [6, 6.07) is 5.55. The largest absolute Gasteiger partial charge is 0.488 e. The van der Waals surface area contributed by atoms with Crippen molar-refractivity contribution in [2.45, 2.75) is 19.3 Å². The average Bonchev–Trinajstić information content (AvgIpc) is 3.28. The number of likely N-dealkylation sites (tertiary alicyclic amines) is 1. The fourth-order valence-electron chi connectivity index (χ4n) is 5.26. The van der Waals surface area contributed by atoms with E-state index in [0.717, 1.165) is 18.8 Å². The Labute approximate surface area is 178 Å². The van der Waals surface area contributed by atoms with Crippen molar-refractivity contribution in [1.29, 1.82) is 0 Å². The van der Waals surface area contributed by atoms with Gasteiger partial charge in [0, 0.05) is 44.3 Å². The van der Waals surface area contributed by atoms with E-state index in [1.54, 1.807) is 19.4 Å². The lowest BCUT2D eigenvalue weighted by atomic mass is 9.98. The number of piperidine rings is 1. The Morgan fingerprint density at radius 3 is 2.81 bits per heavy atom. The first-order valence-corrected chi connectivity index (χ1v) is 10.8. The third-order valence-electron chi connectivity index (χ3n) is 6.77. The first-order valence-electron chi connectivity index (χ1n) is 10.8. The minimum Gasteiger partial charge on any atom is -0.488 e. The molecular formula is C22H24N6O3. The molecule has 3 aromatic heterocycles. The van der Waals surface area contributed by atoms with Crippen LogP contribution in [-0.4, -0.2) is 56.2 Å². The molecule has 1 unspecified atom stereocenters. The molecule has 160 valence electrons. The molecule has 6 rings (SSSR count). The van der Waals surface area contributed by atoms with Gasteiger partial charge in [-0.15, -0.1) is 0 Å². The molecule has 3 aliphatic rings. The number of carbonyl (C=O) groups excluding carboxylic acids is 1. The number of pyridine rings is 2. The molecule has 9 heteroatoms. The number of rotatable bonds is 2. The molecule has 2 fully saturated rings. The molecule has 2 bridgehead atoms. The summed E-state index contributed by atoms with van der Waals surface area (Å²) in [5, 5.41) is 4.27. The highest BCUT2D eigenvalue weighted by molar-refractivity contribution is 5.95. The van der Waals surface area contributed by atoms with E-state index in [4.69, 9.17) is 4.74 Å². The number of carbonyl (C=O) groups is 1. The molecule has 1 aliphatic carbocycles. The summed E-state index contributed by atoms with van der Waals surface area (Å²) in [4.78, 5) is 33.8. The van der Waals surface area contributed by atoms with Crippen molar-refractivity contribution >= 4 is 23.1 Å². The monoisotopic (exact) mass is 420 g/mol. The third-order valence-corrected chi connectivity index (χ3v) is 6.77. The van der Waals surface area contributed by atoms with Crippen LogP contribution in [0.3, 0.4) is 0 Å². The van der Waals surface area contributed by atoms with E-state index in [0.29, 0.717) is 47.8 Å². The van der Waals surface area contributed by atoms with Crippen molar-refractivity contribution in [2.75, 3.05) is 31.1 Å². The molecule has 1 saturated carbocycles. The smallest absolute Gasteiger partial charge is 0.350 e. The molecular weight excluding hydrogens is 396 g/mol. The standard InChI is InChI=1S/C22H24N6O3/c1-25-22(30)28-5-4-17(10-19(28)24-25)27-6-7-31-18-9-16(11-23-20(18)27)21(29)26-12-14-2-3-15(8-14)13-26/h4-5,9-11,14-15H,2-3,6-8,12-13H2,1H3/t14-,15?/m0/s1. The van der Waals surface area contributed by atoms with Crippen molar-refractivity contribution in [3.8, 4) is 5.75 Å². The minimum absolute atomic E-state index is 0.0434. The van der Waals surface area contributed by atoms with E-state index in [9.17, 15) is 9.59 Å². The van der Waals surface area contributed by atoms with Crippen molar-refractivity contribution in [3.05, 3.63) is 46.6 Å². The second-order valence-corrected chi connectivity index (χ2v) is 8.82. The normalized spacial score (nSPS) is 22.5. The van der Waals surface area contributed by atoms with Crippen LogP contribution >= 0.6 is 0 Å². The molecule has 0 aromatic carbocycles. The van der Waals surface area contributed by atoms with E-state index in [1.165, 1.54) is 28.3 Å². The highest BCUT2D eigenvalue weighted by Gasteiger charge is 2.35. The summed E-state index contributed by atoms with van der Waals surface area (Å²) in [5.74, 6) is 2.62. The molecule has 1 amide bonds. The maximum atomic E-state index is 13.1. The van der Waals surface area contributed by atoms with E-state index < -0.39 is 0 Å². The second-order valence-electron chi connectivity index (χ2n) is 8.82. The van der Waals surface area contributed by atoms with Crippen LogP contribution in [0.15, 0.2) is 35.4 Å². The third kappa shape index (κ3) is 2.98. The van der Waals surface area contributed by atoms with Gasteiger partial charge in [0.25, 0.3) is 5.91 Å². The predicted octanol–water partition coefficient (Wildman–Crippen LogP) is 1.83. The van der Waals surface area contributed by atoms with Crippen molar-refractivity contribution < 1.29 is 9.53 Å². The summed E-state index contributed by atoms with van der Waals surface area (Å²) in [7, 11) is 1.63. The Morgan fingerprint density at radius 2 is 2.00 bits per heavy atom. The Hall–Kier alpha value is -3.36. The Morgan fingerprint density at radius 1 is 1.19 bits per heavy atom. The molecule has 2 atom stereocenters. The van der Waals surface area contributed by atoms with E-state index in [-0.39, 0.29) is 11.6 Å². The van der Waals surface area contributed by atoms with Crippen LogP contribution in [0.2, 0.25) is 0 Å². The van der Waals surface area contributed by atoms with Gasteiger partial charge in [-0.25, -0.2) is 14.5 Å². The van der Waals surface area contributed by atoms with Crippen LogP contribution < -0.4 is 15.3 Å². The van der Waals surface area contributed by atoms with Crippen LogP contribution in [-0.2, 0) is 7.05 Å². The average molecular weight is 420 g/mol. The van der Waals surface area contributed by atoms with Gasteiger partial charge in [0.2, 0.25) is 0 Å².